The number of hydrogen-bond donors (Lipinski definition) is 1. The molecule has 196 valence electrons. The first-order valence-corrected chi connectivity index (χ1v) is 13.6. The van der Waals surface area contributed by atoms with Crippen LogP contribution in [0.2, 0.25) is 0 Å². The van der Waals surface area contributed by atoms with Crippen LogP contribution in [0.5, 0.6) is 11.5 Å². The van der Waals surface area contributed by atoms with Gasteiger partial charge in [-0.1, -0.05) is 18.2 Å². The van der Waals surface area contributed by atoms with Gasteiger partial charge >= 0.3 is 0 Å². The highest BCUT2D eigenvalue weighted by molar-refractivity contribution is 7.92. The first kappa shape index (κ1) is 26.5. The van der Waals surface area contributed by atoms with Gasteiger partial charge < -0.3 is 14.8 Å². The number of anilines is 1. The smallest absolute Gasteiger partial charge is 0.264 e. The Morgan fingerprint density at radius 1 is 0.946 bits per heavy atom. The molecule has 0 bridgehead atoms. The number of aryl methyl sites for hydroxylation is 2. The fraction of sp³-hybridized carbons (Fsp3) is 0.321. The molecule has 0 saturated heterocycles. The predicted octanol–water partition coefficient (Wildman–Crippen LogP) is 4.79. The first-order valence-electron chi connectivity index (χ1n) is 12.1. The van der Waals surface area contributed by atoms with E-state index in [0.29, 0.717) is 5.75 Å². The summed E-state index contributed by atoms with van der Waals surface area (Å²) in [4.78, 5) is 13.0. The van der Waals surface area contributed by atoms with E-state index in [2.05, 4.69) is 17.4 Å². The molecular weight excluding hydrogens is 495 g/mol. The molecule has 7 nitrogen and oxygen atoms in total. The predicted molar refractivity (Wildman–Crippen MR) is 140 cm³/mol. The molecule has 1 atom stereocenters. The van der Waals surface area contributed by atoms with Crippen LogP contribution in [0.4, 0.5) is 10.1 Å². The Balaban J connectivity index is 1.60. The van der Waals surface area contributed by atoms with Crippen molar-refractivity contribution in [3.8, 4) is 11.5 Å². The van der Waals surface area contributed by atoms with Gasteiger partial charge in [0.25, 0.3) is 10.0 Å². The summed E-state index contributed by atoms with van der Waals surface area (Å²) in [5, 5.41) is 2.92. The van der Waals surface area contributed by atoms with Crippen molar-refractivity contribution in [3.05, 3.63) is 83.2 Å². The third-order valence-corrected chi connectivity index (χ3v) is 8.36. The lowest BCUT2D eigenvalue weighted by molar-refractivity contribution is -0.120. The maximum atomic E-state index is 13.7. The molecule has 0 saturated carbocycles. The van der Waals surface area contributed by atoms with Crippen LogP contribution in [-0.4, -0.2) is 35.1 Å². The molecule has 3 aromatic carbocycles. The minimum atomic E-state index is -4.22. The molecule has 1 N–H and O–H groups in total. The number of hydrogen-bond acceptors (Lipinski definition) is 5. The van der Waals surface area contributed by atoms with Crippen molar-refractivity contribution < 1.29 is 27.1 Å². The van der Waals surface area contributed by atoms with Crippen LogP contribution in [0.25, 0.3) is 0 Å². The zero-order valence-electron chi connectivity index (χ0n) is 21.2. The van der Waals surface area contributed by atoms with Crippen molar-refractivity contribution in [2.45, 2.75) is 43.5 Å². The molecule has 1 amide bonds. The summed E-state index contributed by atoms with van der Waals surface area (Å²) >= 11 is 0. The molecule has 0 spiro atoms. The number of nitrogens with one attached hydrogen (secondary N) is 1. The Hall–Kier alpha value is -3.59. The number of methoxy groups -OCH3 is 2. The fourth-order valence-corrected chi connectivity index (χ4v) is 5.99. The third kappa shape index (κ3) is 5.88. The van der Waals surface area contributed by atoms with Crippen molar-refractivity contribution in [2.24, 2.45) is 0 Å². The van der Waals surface area contributed by atoms with Crippen LogP contribution < -0.4 is 19.1 Å². The van der Waals surface area contributed by atoms with Gasteiger partial charge in [0.1, 0.15) is 12.4 Å². The molecule has 0 aromatic heterocycles. The molecule has 1 aliphatic rings. The summed E-state index contributed by atoms with van der Waals surface area (Å²) in [5.41, 5.74) is 3.77. The molecule has 0 heterocycles. The van der Waals surface area contributed by atoms with Crippen LogP contribution in [-0.2, 0) is 27.7 Å². The lowest BCUT2D eigenvalue weighted by Gasteiger charge is -2.26. The van der Waals surface area contributed by atoms with Gasteiger partial charge in [0.15, 0.2) is 11.5 Å². The zero-order valence-corrected chi connectivity index (χ0v) is 22.0. The van der Waals surface area contributed by atoms with Crippen molar-refractivity contribution in [1.29, 1.82) is 0 Å². The SMILES string of the molecule is COc1ccc(S(=O)(=O)N(CC(=O)N[C@@H](C)c2ccc3c(c2)CCCC3)c2ccc(F)cc2)cc1OC. The van der Waals surface area contributed by atoms with E-state index in [-0.39, 0.29) is 22.4 Å². The van der Waals surface area contributed by atoms with E-state index in [1.165, 1.54) is 62.1 Å². The van der Waals surface area contributed by atoms with Gasteiger partial charge in [-0.05, 0) is 85.7 Å². The van der Waals surface area contributed by atoms with E-state index in [4.69, 9.17) is 9.47 Å². The average Bonchev–Trinajstić information content (AvgIpc) is 2.91. The number of nitrogens with zero attached hydrogens (tertiary/aromatic N) is 1. The Morgan fingerprint density at radius 2 is 1.62 bits per heavy atom. The number of sulfonamides is 1. The van der Waals surface area contributed by atoms with E-state index >= 15 is 0 Å². The maximum absolute atomic E-state index is 13.7. The molecule has 9 heteroatoms. The highest BCUT2D eigenvalue weighted by Crippen LogP contribution is 2.32. The second-order valence-corrected chi connectivity index (χ2v) is 10.9. The summed E-state index contributed by atoms with van der Waals surface area (Å²) in [7, 11) is -1.36. The average molecular weight is 527 g/mol. The summed E-state index contributed by atoms with van der Waals surface area (Å²) in [6, 6.07) is 15.1. The first-order chi connectivity index (χ1) is 17.7. The monoisotopic (exact) mass is 526 g/mol. The lowest BCUT2D eigenvalue weighted by Crippen LogP contribution is -2.41. The Bertz CT molecular complexity index is 1380. The third-order valence-electron chi connectivity index (χ3n) is 6.59. The molecule has 1 aliphatic carbocycles. The Morgan fingerprint density at radius 3 is 2.30 bits per heavy atom. The number of halogens is 1. The topological polar surface area (TPSA) is 84.9 Å². The Labute approximate surface area is 217 Å². The van der Waals surface area contributed by atoms with E-state index in [1.54, 1.807) is 0 Å². The van der Waals surface area contributed by atoms with Gasteiger partial charge in [-0.3, -0.25) is 9.10 Å². The van der Waals surface area contributed by atoms with Crippen molar-refractivity contribution in [2.75, 3.05) is 25.1 Å². The number of carbonyl (C=O) groups is 1. The molecule has 4 rings (SSSR count). The van der Waals surface area contributed by atoms with Gasteiger partial charge in [0.05, 0.1) is 30.8 Å². The van der Waals surface area contributed by atoms with Gasteiger partial charge in [0, 0.05) is 6.07 Å². The number of carbonyl (C=O) groups excluding carboxylic acids is 1. The maximum Gasteiger partial charge on any atom is 0.264 e. The molecule has 0 aliphatic heterocycles. The Kier molecular flexibility index (Phi) is 8.02. The normalized spacial score (nSPS) is 13.8. The molecule has 37 heavy (non-hydrogen) atoms. The summed E-state index contributed by atoms with van der Waals surface area (Å²) in [6.45, 7) is 1.38. The number of ether oxygens (including phenoxy) is 2. The lowest BCUT2D eigenvalue weighted by atomic mass is 9.89. The van der Waals surface area contributed by atoms with Crippen LogP contribution in [0.15, 0.2) is 65.6 Å². The standard InChI is InChI=1S/C28H31FN2O5S/c1-19(21-9-8-20-6-4-5-7-22(20)16-21)30-28(32)18-31(24-12-10-23(29)11-13-24)37(33,34)25-14-15-26(35-2)27(17-25)36-3/h8-17,19H,4-7,18H2,1-3H3,(H,30,32)/t19-/m0/s1. The minimum Gasteiger partial charge on any atom is -0.493 e. The van der Waals surface area contributed by atoms with Gasteiger partial charge in [-0.25, -0.2) is 12.8 Å². The van der Waals surface area contributed by atoms with Crippen LogP contribution >= 0.6 is 0 Å². The second-order valence-electron chi connectivity index (χ2n) is 9.03. The van der Waals surface area contributed by atoms with Crippen molar-refractivity contribution >= 4 is 21.6 Å². The summed E-state index contributed by atoms with van der Waals surface area (Å²) in [5.74, 6) is -0.407. The summed E-state index contributed by atoms with van der Waals surface area (Å²) in [6.07, 6.45) is 4.42. The van der Waals surface area contributed by atoms with Gasteiger partial charge in [-0.15, -0.1) is 0 Å². The van der Waals surface area contributed by atoms with Crippen molar-refractivity contribution in [3.63, 3.8) is 0 Å². The molecular formula is C28H31FN2O5S. The highest BCUT2D eigenvalue weighted by Gasteiger charge is 2.29. The molecule has 0 radical (unpaired) electrons. The second kappa shape index (κ2) is 11.2. The van der Waals surface area contributed by atoms with Gasteiger partial charge in [0.2, 0.25) is 5.91 Å². The van der Waals surface area contributed by atoms with E-state index in [0.717, 1.165) is 41.3 Å². The number of fused-ring (bicyclic) bond motifs is 1. The van der Waals surface area contributed by atoms with Gasteiger partial charge in [-0.2, -0.15) is 0 Å². The van der Waals surface area contributed by atoms with E-state index in [9.17, 15) is 17.6 Å². The zero-order chi connectivity index (χ0) is 26.6. The van der Waals surface area contributed by atoms with Crippen LogP contribution in [0.1, 0.15) is 42.5 Å². The molecule has 3 aromatic rings. The largest absolute Gasteiger partial charge is 0.493 e. The number of benzene rings is 3. The van der Waals surface area contributed by atoms with Crippen molar-refractivity contribution in [1.82, 2.24) is 5.32 Å². The minimum absolute atomic E-state index is 0.0926. The van der Waals surface area contributed by atoms with E-state index in [1.807, 2.05) is 13.0 Å². The van der Waals surface area contributed by atoms with Crippen LogP contribution in [0.3, 0.4) is 0 Å². The summed E-state index contributed by atoms with van der Waals surface area (Å²) < 4.78 is 52.4. The molecule has 0 unspecified atom stereocenters. The van der Waals surface area contributed by atoms with Crippen LogP contribution in [0, 0.1) is 5.82 Å². The quantitative estimate of drug-likeness (QED) is 0.433. The number of rotatable bonds is 9. The fourth-order valence-electron chi connectivity index (χ4n) is 4.55. The van der Waals surface area contributed by atoms with E-state index < -0.39 is 28.3 Å². The highest BCUT2D eigenvalue weighted by atomic mass is 32.2. The molecule has 0 fully saturated rings. The number of amides is 1.